The zero-order chi connectivity index (χ0) is 14.0. The van der Waals surface area contributed by atoms with E-state index in [0.717, 1.165) is 11.8 Å². The van der Waals surface area contributed by atoms with Crippen LogP contribution in [0.2, 0.25) is 0 Å². The Morgan fingerprint density at radius 3 is 2.74 bits per heavy atom. The molecular formula is C14H14N4O. The molecule has 0 aliphatic heterocycles. The Labute approximate surface area is 111 Å². The summed E-state index contributed by atoms with van der Waals surface area (Å²) in [5, 5.41) is 13.6. The first-order valence-corrected chi connectivity index (χ1v) is 5.88. The van der Waals surface area contributed by atoms with Crippen molar-refractivity contribution in [3.05, 3.63) is 35.7 Å². The van der Waals surface area contributed by atoms with Gasteiger partial charge in [0, 0.05) is 12.4 Å². The number of aromatic nitrogens is 3. The minimum Gasteiger partial charge on any atom is -0.301 e. The van der Waals surface area contributed by atoms with E-state index in [1.807, 2.05) is 19.1 Å². The molecule has 19 heavy (non-hydrogen) atoms. The average Bonchev–Trinajstić information content (AvgIpc) is 2.84. The summed E-state index contributed by atoms with van der Waals surface area (Å²) < 4.78 is 1.50. The predicted octanol–water partition coefficient (Wildman–Crippen LogP) is 2.06. The lowest BCUT2D eigenvalue weighted by atomic mass is 10.1. The average molecular weight is 254 g/mol. The second kappa shape index (κ2) is 4.65. The van der Waals surface area contributed by atoms with Crippen LogP contribution in [0.25, 0.3) is 11.4 Å². The number of carbonyl (C=O) groups excluding carboxylic acids is 1. The fourth-order valence-electron chi connectivity index (χ4n) is 1.71. The van der Waals surface area contributed by atoms with Crippen LogP contribution in [-0.2, 0) is 10.3 Å². The molecule has 5 heteroatoms. The first-order valence-electron chi connectivity index (χ1n) is 5.88. The topological polar surface area (TPSA) is 71.6 Å². The van der Waals surface area contributed by atoms with Gasteiger partial charge in [0.25, 0.3) is 0 Å². The SMILES string of the molecule is Cc1cccnc1-c1nn(C(C)(C)C=O)cc1C#N. The van der Waals surface area contributed by atoms with Gasteiger partial charge in [-0.05, 0) is 32.4 Å². The summed E-state index contributed by atoms with van der Waals surface area (Å²) in [7, 11) is 0. The molecule has 2 aromatic heterocycles. The van der Waals surface area contributed by atoms with Crippen molar-refractivity contribution < 1.29 is 4.79 Å². The molecule has 0 radical (unpaired) electrons. The van der Waals surface area contributed by atoms with E-state index in [-0.39, 0.29) is 0 Å². The Bertz CT molecular complexity index is 664. The Hall–Kier alpha value is -2.48. The number of aryl methyl sites for hydroxylation is 1. The van der Waals surface area contributed by atoms with E-state index in [0.29, 0.717) is 17.0 Å². The maximum Gasteiger partial charge on any atom is 0.147 e. The van der Waals surface area contributed by atoms with Gasteiger partial charge < -0.3 is 4.79 Å². The monoisotopic (exact) mass is 254 g/mol. The van der Waals surface area contributed by atoms with Crippen molar-refractivity contribution in [1.29, 1.82) is 5.26 Å². The molecule has 96 valence electrons. The lowest BCUT2D eigenvalue weighted by Gasteiger charge is -2.17. The smallest absolute Gasteiger partial charge is 0.147 e. The summed E-state index contributed by atoms with van der Waals surface area (Å²) in [6, 6.07) is 5.84. The number of carbonyl (C=O) groups is 1. The summed E-state index contributed by atoms with van der Waals surface area (Å²) in [5.41, 5.74) is 1.74. The van der Waals surface area contributed by atoms with Crippen molar-refractivity contribution in [1.82, 2.24) is 14.8 Å². The molecule has 2 aromatic rings. The van der Waals surface area contributed by atoms with Crippen LogP contribution >= 0.6 is 0 Å². The zero-order valence-electron chi connectivity index (χ0n) is 11.1. The number of hydrogen-bond acceptors (Lipinski definition) is 4. The molecule has 0 aromatic carbocycles. The van der Waals surface area contributed by atoms with Crippen molar-refractivity contribution in [3.63, 3.8) is 0 Å². The maximum atomic E-state index is 11.1. The molecule has 2 rings (SSSR count). The van der Waals surface area contributed by atoms with E-state index in [1.165, 1.54) is 4.68 Å². The summed E-state index contributed by atoms with van der Waals surface area (Å²) >= 11 is 0. The highest BCUT2D eigenvalue weighted by Gasteiger charge is 2.23. The molecule has 0 saturated carbocycles. The second-order valence-corrected chi connectivity index (χ2v) is 4.89. The Balaban J connectivity index is 2.63. The van der Waals surface area contributed by atoms with Crippen LogP contribution in [0.5, 0.6) is 0 Å². The van der Waals surface area contributed by atoms with E-state index >= 15 is 0 Å². The maximum absolute atomic E-state index is 11.1. The predicted molar refractivity (Wildman–Crippen MR) is 70.3 cm³/mol. The summed E-state index contributed by atoms with van der Waals surface area (Å²) in [5.74, 6) is 0. The molecule has 0 fully saturated rings. The summed E-state index contributed by atoms with van der Waals surface area (Å²) in [6.07, 6.45) is 4.04. The Morgan fingerprint density at radius 1 is 1.42 bits per heavy atom. The van der Waals surface area contributed by atoms with Crippen molar-refractivity contribution in [2.24, 2.45) is 0 Å². The van der Waals surface area contributed by atoms with E-state index in [9.17, 15) is 10.1 Å². The summed E-state index contributed by atoms with van der Waals surface area (Å²) in [4.78, 5) is 15.3. The third-order valence-corrected chi connectivity index (χ3v) is 2.95. The van der Waals surface area contributed by atoms with Crippen LogP contribution in [-0.4, -0.2) is 21.1 Å². The van der Waals surface area contributed by atoms with Crippen LogP contribution in [0.4, 0.5) is 0 Å². The molecular weight excluding hydrogens is 240 g/mol. The lowest BCUT2D eigenvalue weighted by molar-refractivity contribution is -0.114. The molecule has 0 aliphatic carbocycles. The normalized spacial score (nSPS) is 11.1. The van der Waals surface area contributed by atoms with Crippen LogP contribution in [0.1, 0.15) is 25.0 Å². The molecule has 0 spiro atoms. The third-order valence-electron chi connectivity index (χ3n) is 2.95. The number of hydrogen-bond donors (Lipinski definition) is 0. The quantitative estimate of drug-likeness (QED) is 0.786. The fourth-order valence-corrected chi connectivity index (χ4v) is 1.71. The molecule has 5 nitrogen and oxygen atoms in total. The van der Waals surface area contributed by atoms with Crippen LogP contribution < -0.4 is 0 Å². The fraction of sp³-hybridized carbons (Fsp3) is 0.286. The molecule has 2 heterocycles. The molecule has 0 amide bonds. The summed E-state index contributed by atoms with van der Waals surface area (Å²) in [6.45, 7) is 5.39. The van der Waals surface area contributed by atoms with Gasteiger partial charge in [-0.3, -0.25) is 9.67 Å². The van der Waals surface area contributed by atoms with Crippen molar-refractivity contribution >= 4 is 6.29 Å². The Kier molecular flexibility index (Phi) is 3.17. The Morgan fingerprint density at radius 2 is 2.16 bits per heavy atom. The van der Waals surface area contributed by atoms with Gasteiger partial charge in [-0.25, -0.2) is 0 Å². The van der Waals surface area contributed by atoms with Crippen molar-refractivity contribution in [3.8, 4) is 17.5 Å². The molecule has 0 saturated heterocycles. The van der Waals surface area contributed by atoms with Crippen LogP contribution in [0.3, 0.4) is 0 Å². The van der Waals surface area contributed by atoms with Gasteiger partial charge >= 0.3 is 0 Å². The largest absolute Gasteiger partial charge is 0.301 e. The van der Waals surface area contributed by atoms with Gasteiger partial charge in [0.2, 0.25) is 0 Å². The number of pyridine rings is 1. The van der Waals surface area contributed by atoms with E-state index in [1.54, 1.807) is 26.2 Å². The third kappa shape index (κ3) is 2.25. The van der Waals surface area contributed by atoms with Gasteiger partial charge in [0.05, 0.1) is 11.3 Å². The first kappa shape index (κ1) is 13.0. The van der Waals surface area contributed by atoms with E-state index in [4.69, 9.17) is 0 Å². The molecule has 0 atom stereocenters. The highest BCUT2D eigenvalue weighted by molar-refractivity contribution is 5.66. The molecule has 0 bridgehead atoms. The number of rotatable bonds is 3. The van der Waals surface area contributed by atoms with Crippen molar-refractivity contribution in [2.45, 2.75) is 26.3 Å². The molecule has 0 unspecified atom stereocenters. The number of nitrogens with zero attached hydrogens (tertiary/aromatic N) is 4. The van der Waals surface area contributed by atoms with E-state index in [2.05, 4.69) is 16.2 Å². The van der Waals surface area contributed by atoms with Crippen LogP contribution in [0, 0.1) is 18.3 Å². The second-order valence-electron chi connectivity index (χ2n) is 4.89. The standard InChI is InChI=1S/C14H14N4O/c1-10-5-4-6-16-12(10)13-11(7-15)8-18(17-13)14(2,3)9-19/h4-6,8-9H,1-3H3. The lowest BCUT2D eigenvalue weighted by Crippen LogP contribution is -2.28. The highest BCUT2D eigenvalue weighted by atomic mass is 16.1. The minimum absolute atomic E-state index is 0.414. The first-order chi connectivity index (χ1) is 8.99. The highest BCUT2D eigenvalue weighted by Crippen LogP contribution is 2.24. The van der Waals surface area contributed by atoms with Gasteiger partial charge in [-0.1, -0.05) is 6.07 Å². The van der Waals surface area contributed by atoms with Gasteiger partial charge in [0.1, 0.15) is 23.6 Å². The van der Waals surface area contributed by atoms with Crippen LogP contribution in [0.15, 0.2) is 24.5 Å². The zero-order valence-corrected chi connectivity index (χ0v) is 11.1. The number of aldehydes is 1. The van der Waals surface area contributed by atoms with Crippen molar-refractivity contribution in [2.75, 3.05) is 0 Å². The minimum atomic E-state index is -0.785. The van der Waals surface area contributed by atoms with Gasteiger partial charge in [-0.15, -0.1) is 0 Å². The number of nitriles is 1. The molecule has 0 aliphatic rings. The van der Waals surface area contributed by atoms with E-state index < -0.39 is 5.54 Å². The van der Waals surface area contributed by atoms with Gasteiger partial charge in [0.15, 0.2) is 0 Å². The molecule has 0 N–H and O–H groups in total. The van der Waals surface area contributed by atoms with Gasteiger partial charge in [-0.2, -0.15) is 10.4 Å².